The zero-order chi connectivity index (χ0) is 15.2. The molecule has 0 fully saturated rings. The summed E-state index contributed by atoms with van der Waals surface area (Å²) in [6, 6.07) is 13.0. The van der Waals surface area contributed by atoms with E-state index < -0.39 is 0 Å². The largest absolute Gasteiger partial charge is 0.484 e. The van der Waals surface area contributed by atoms with Gasteiger partial charge in [-0.1, -0.05) is 45.7 Å². The summed E-state index contributed by atoms with van der Waals surface area (Å²) in [5.41, 5.74) is 1.94. The number of rotatable bonds is 5. The lowest BCUT2D eigenvalue weighted by Gasteiger charge is -2.09. The third kappa shape index (κ3) is 4.76. The summed E-state index contributed by atoms with van der Waals surface area (Å²) in [5, 5.41) is 3.42. The van der Waals surface area contributed by atoms with Gasteiger partial charge in [0, 0.05) is 16.0 Å². The quantitative estimate of drug-likeness (QED) is 0.862. The van der Waals surface area contributed by atoms with Crippen molar-refractivity contribution in [3.05, 3.63) is 63.1 Å². The van der Waals surface area contributed by atoms with E-state index in [0.29, 0.717) is 17.3 Å². The van der Waals surface area contributed by atoms with E-state index >= 15 is 0 Å². The molecule has 0 aliphatic heterocycles. The molecule has 2 aromatic rings. The first-order valence-electron chi connectivity index (χ1n) is 6.45. The van der Waals surface area contributed by atoms with Crippen LogP contribution in [-0.4, -0.2) is 12.5 Å². The molecule has 2 aromatic carbocycles. The average molecular weight is 369 g/mol. The van der Waals surface area contributed by atoms with Crippen molar-refractivity contribution in [2.24, 2.45) is 0 Å². The summed E-state index contributed by atoms with van der Waals surface area (Å²) in [5.74, 6) is 0.485. The Bertz CT molecular complexity index is 646. The fourth-order valence-corrected chi connectivity index (χ4v) is 2.19. The standard InChI is InChI=1S/C16H15BrClNO2/c1-11-8-13(6-7-14(11)17)21-10-16(20)19-9-12-4-2-3-5-15(12)18/h2-8H,9-10H2,1H3,(H,19,20). The SMILES string of the molecule is Cc1cc(OCC(=O)NCc2ccccc2Cl)ccc1Br. The van der Waals surface area contributed by atoms with Gasteiger partial charge in [0.1, 0.15) is 5.75 Å². The van der Waals surface area contributed by atoms with Gasteiger partial charge < -0.3 is 10.1 Å². The molecule has 1 N–H and O–H groups in total. The van der Waals surface area contributed by atoms with E-state index in [1.54, 1.807) is 6.07 Å². The molecule has 0 aliphatic carbocycles. The molecule has 0 bridgehead atoms. The van der Waals surface area contributed by atoms with Gasteiger partial charge in [-0.3, -0.25) is 4.79 Å². The number of ether oxygens (including phenoxy) is 1. The van der Waals surface area contributed by atoms with Gasteiger partial charge in [0.15, 0.2) is 6.61 Å². The number of aryl methyl sites for hydroxylation is 1. The summed E-state index contributed by atoms with van der Waals surface area (Å²) in [6.45, 7) is 2.33. The minimum absolute atomic E-state index is 0.0223. The maximum absolute atomic E-state index is 11.8. The smallest absolute Gasteiger partial charge is 0.258 e. The van der Waals surface area contributed by atoms with Gasteiger partial charge in [-0.05, 0) is 42.3 Å². The lowest BCUT2D eigenvalue weighted by Crippen LogP contribution is -2.28. The maximum Gasteiger partial charge on any atom is 0.258 e. The van der Waals surface area contributed by atoms with Gasteiger partial charge in [0.05, 0.1) is 0 Å². The van der Waals surface area contributed by atoms with Crippen LogP contribution in [0.1, 0.15) is 11.1 Å². The lowest BCUT2D eigenvalue weighted by molar-refractivity contribution is -0.123. The van der Waals surface area contributed by atoms with Gasteiger partial charge in [-0.25, -0.2) is 0 Å². The number of hydrogen-bond donors (Lipinski definition) is 1. The second kappa shape index (κ2) is 7.48. The van der Waals surface area contributed by atoms with Crippen molar-refractivity contribution in [1.29, 1.82) is 0 Å². The van der Waals surface area contributed by atoms with Crippen LogP contribution < -0.4 is 10.1 Å². The Morgan fingerprint density at radius 1 is 1.29 bits per heavy atom. The maximum atomic E-state index is 11.8. The predicted molar refractivity (Wildman–Crippen MR) is 87.7 cm³/mol. The molecule has 0 saturated carbocycles. The zero-order valence-electron chi connectivity index (χ0n) is 11.5. The number of amides is 1. The molecule has 5 heteroatoms. The summed E-state index contributed by atoms with van der Waals surface area (Å²) in [4.78, 5) is 11.8. The topological polar surface area (TPSA) is 38.3 Å². The average Bonchev–Trinajstić information content (AvgIpc) is 2.47. The van der Waals surface area contributed by atoms with E-state index in [1.807, 2.05) is 43.3 Å². The molecular weight excluding hydrogens is 354 g/mol. The van der Waals surface area contributed by atoms with Crippen LogP contribution in [0.5, 0.6) is 5.75 Å². The van der Waals surface area contributed by atoms with E-state index in [1.165, 1.54) is 0 Å². The van der Waals surface area contributed by atoms with E-state index in [0.717, 1.165) is 15.6 Å². The summed E-state index contributed by atoms with van der Waals surface area (Å²) in [6.07, 6.45) is 0. The van der Waals surface area contributed by atoms with Gasteiger partial charge in [-0.15, -0.1) is 0 Å². The van der Waals surface area contributed by atoms with Gasteiger partial charge >= 0.3 is 0 Å². The third-order valence-electron chi connectivity index (χ3n) is 2.93. The first-order valence-corrected chi connectivity index (χ1v) is 7.62. The van der Waals surface area contributed by atoms with Gasteiger partial charge in [0.2, 0.25) is 0 Å². The van der Waals surface area contributed by atoms with Crippen LogP contribution in [0.25, 0.3) is 0 Å². The Kier molecular flexibility index (Phi) is 5.65. The highest BCUT2D eigenvalue weighted by Gasteiger charge is 2.05. The van der Waals surface area contributed by atoms with Crippen molar-refractivity contribution in [2.45, 2.75) is 13.5 Å². The Hall–Kier alpha value is -1.52. The van der Waals surface area contributed by atoms with E-state index in [2.05, 4.69) is 21.2 Å². The third-order valence-corrected chi connectivity index (χ3v) is 4.19. The number of carbonyl (C=O) groups is 1. The normalized spacial score (nSPS) is 10.2. The Morgan fingerprint density at radius 2 is 2.05 bits per heavy atom. The highest BCUT2D eigenvalue weighted by atomic mass is 79.9. The van der Waals surface area contributed by atoms with Crippen molar-refractivity contribution >= 4 is 33.4 Å². The van der Waals surface area contributed by atoms with Gasteiger partial charge in [-0.2, -0.15) is 0 Å². The first kappa shape index (κ1) is 15.9. The molecule has 21 heavy (non-hydrogen) atoms. The molecule has 1 amide bonds. The molecular formula is C16H15BrClNO2. The molecule has 0 radical (unpaired) electrons. The zero-order valence-corrected chi connectivity index (χ0v) is 13.9. The predicted octanol–water partition coefficient (Wildman–Crippen LogP) is 4.11. The van der Waals surface area contributed by atoms with Crippen molar-refractivity contribution in [3.8, 4) is 5.75 Å². The molecule has 0 aliphatic rings. The van der Waals surface area contributed by atoms with Crippen LogP contribution in [0.4, 0.5) is 0 Å². The minimum Gasteiger partial charge on any atom is -0.484 e. The molecule has 2 rings (SSSR count). The number of hydrogen-bond acceptors (Lipinski definition) is 2. The molecule has 0 saturated heterocycles. The highest BCUT2D eigenvalue weighted by molar-refractivity contribution is 9.10. The van der Waals surface area contributed by atoms with Crippen molar-refractivity contribution < 1.29 is 9.53 Å². The number of benzene rings is 2. The molecule has 0 spiro atoms. The van der Waals surface area contributed by atoms with Crippen LogP contribution in [0, 0.1) is 6.92 Å². The number of nitrogens with one attached hydrogen (secondary N) is 1. The van der Waals surface area contributed by atoms with Crippen molar-refractivity contribution in [1.82, 2.24) is 5.32 Å². The monoisotopic (exact) mass is 367 g/mol. The molecule has 0 heterocycles. The fraction of sp³-hybridized carbons (Fsp3) is 0.188. The number of halogens is 2. The van der Waals surface area contributed by atoms with Crippen LogP contribution in [-0.2, 0) is 11.3 Å². The number of carbonyl (C=O) groups excluding carboxylic acids is 1. The molecule has 0 aromatic heterocycles. The summed E-state index contributed by atoms with van der Waals surface area (Å²) < 4.78 is 6.47. The molecule has 110 valence electrons. The van der Waals surface area contributed by atoms with E-state index in [4.69, 9.17) is 16.3 Å². The van der Waals surface area contributed by atoms with E-state index in [-0.39, 0.29) is 12.5 Å². The highest BCUT2D eigenvalue weighted by Crippen LogP contribution is 2.21. The molecule has 0 atom stereocenters. The first-order chi connectivity index (χ1) is 10.1. The summed E-state index contributed by atoms with van der Waals surface area (Å²) in [7, 11) is 0. The van der Waals surface area contributed by atoms with Crippen molar-refractivity contribution in [3.63, 3.8) is 0 Å². The van der Waals surface area contributed by atoms with Crippen LogP contribution in [0.15, 0.2) is 46.9 Å². The fourth-order valence-electron chi connectivity index (χ4n) is 1.74. The Labute approximate surface area is 137 Å². The molecule has 0 unspecified atom stereocenters. The van der Waals surface area contributed by atoms with Crippen LogP contribution >= 0.6 is 27.5 Å². The van der Waals surface area contributed by atoms with Gasteiger partial charge in [0.25, 0.3) is 5.91 Å². The minimum atomic E-state index is -0.185. The van der Waals surface area contributed by atoms with Crippen LogP contribution in [0.3, 0.4) is 0 Å². The molecule has 3 nitrogen and oxygen atoms in total. The lowest BCUT2D eigenvalue weighted by atomic mass is 10.2. The Balaban J connectivity index is 1.82. The summed E-state index contributed by atoms with van der Waals surface area (Å²) >= 11 is 9.45. The van der Waals surface area contributed by atoms with Crippen molar-refractivity contribution in [2.75, 3.05) is 6.61 Å². The Morgan fingerprint density at radius 3 is 2.76 bits per heavy atom. The second-order valence-electron chi connectivity index (χ2n) is 4.57. The second-order valence-corrected chi connectivity index (χ2v) is 5.83. The van der Waals surface area contributed by atoms with Crippen LogP contribution in [0.2, 0.25) is 5.02 Å². The van der Waals surface area contributed by atoms with E-state index in [9.17, 15) is 4.79 Å².